The van der Waals surface area contributed by atoms with Gasteiger partial charge in [0.1, 0.15) is 0 Å². The zero-order valence-electron chi connectivity index (χ0n) is 5.63. The molecule has 0 saturated carbocycles. The Morgan fingerprint density at radius 2 is 1.64 bits per heavy atom. The molecule has 11 heavy (non-hydrogen) atoms. The third kappa shape index (κ3) is 4.59. The fourth-order valence-corrected chi connectivity index (χ4v) is 0.404. The van der Waals surface area contributed by atoms with Gasteiger partial charge in [0.05, 0.1) is 0 Å². The van der Waals surface area contributed by atoms with E-state index in [-0.39, 0.29) is 0 Å². The average Bonchev–Trinajstić information content (AvgIpc) is 1.84. The highest BCUT2D eigenvalue weighted by Crippen LogP contribution is 1.72. The van der Waals surface area contributed by atoms with Crippen molar-refractivity contribution in [3.05, 3.63) is 0 Å². The van der Waals surface area contributed by atoms with Gasteiger partial charge in [0, 0.05) is 0 Å². The summed E-state index contributed by atoms with van der Waals surface area (Å²) in [4.78, 5) is 20.3. The highest BCUT2D eigenvalue weighted by molar-refractivity contribution is 5.75. The second-order valence-corrected chi connectivity index (χ2v) is 1.62. The number of terminal acetylenes is 1. The molecule has 0 saturated heterocycles. The van der Waals surface area contributed by atoms with Gasteiger partial charge in [-0.2, -0.15) is 0 Å². The van der Waals surface area contributed by atoms with Gasteiger partial charge in [-0.05, 0) is 0 Å². The van der Waals surface area contributed by atoms with Gasteiger partial charge in [-0.25, -0.2) is 9.59 Å². The maximum Gasteiger partial charge on any atom is 0.314 e. The minimum atomic E-state index is -0.954. The number of carbonyl (C=O) groups excluding carboxylic acids is 2. The van der Waals surface area contributed by atoms with E-state index >= 15 is 0 Å². The summed E-state index contributed by atoms with van der Waals surface area (Å²) in [6.07, 6.45) is 3.93. The molecule has 0 unspecified atom stereocenters. The fraction of sp³-hybridized carbons (Fsp3) is 0.200. The van der Waals surface area contributed by atoms with Crippen LogP contribution in [0.1, 0.15) is 0 Å². The molecular formula is C5H8N4O2. The monoisotopic (exact) mass is 156 g/mol. The van der Waals surface area contributed by atoms with Gasteiger partial charge in [0.2, 0.25) is 0 Å². The van der Waals surface area contributed by atoms with E-state index in [0.29, 0.717) is 0 Å². The first kappa shape index (κ1) is 9.10. The predicted octanol–water partition coefficient (Wildman–Crippen LogP) is -1.72. The van der Waals surface area contributed by atoms with Crippen molar-refractivity contribution in [1.29, 1.82) is 0 Å². The first-order valence-electron chi connectivity index (χ1n) is 2.64. The lowest BCUT2D eigenvalue weighted by atomic mass is 10.5. The van der Waals surface area contributed by atoms with Crippen LogP contribution >= 0.6 is 0 Å². The summed E-state index contributed by atoms with van der Waals surface area (Å²) in [6.45, 7) is 0. The summed E-state index contributed by atoms with van der Waals surface area (Å²) in [6, 6.07) is -1.66. The lowest BCUT2D eigenvalue weighted by Crippen LogP contribution is -2.50. The van der Waals surface area contributed by atoms with Crippen molar-refractivity contribution in [3.63, 3.8) is 0 Å². The number of urea groups is 2. The van der Waals surface area contributed by atoms with Crippen LogP contribution in [-0.4, -0.2) is 18.2 Å². The number of nitrogens with two attached hydrogens (primary N) is 2. The number of hydrogen-bond acceptors (Lipinski definition) is 2. The van der Waals surface area contributed by atoms with E-state index in [1.165, 1.54) is 0 Å². The van der Waals surface area contributed by atoms with Gasteiger partial charge >= 0.3 is 12.1 Å². The molecule has 0 rings (SSSR count). The van der Waals surface area contributed by atoms with Crippen molar-refractivity contribution >= 4 is 12.1 Å². The van der Waals surface area contributed by atoms with Crippen molar-refractivity contribution in [2.45, 2.75) is 6.17 Å². The molecular weight excluding hydrogens is 148 g/mol. The summed E-state index contributed by atoms with van der Waals surface area (Å²) in [5.74, 6) is 2.04. The largest absolute Gasteiger partial charge is 0.352 e. The zero-order valence-corrected chi connectivity index (χ0v) is 5.63. The van der Waals surface area contributed by atoms with E-state index in [0.717, 1.165) is 0 Å². The number of rotatable bonds is 2. The molecule has 0 aliphatic rings. The Balaban J connectivity index is 3.89. The first-order valence-corrected chi connectivity index (χ1v) is 2.64. The first-order chi connectivity index (χ1) is 5.06. The van der Waals surface area contributed by atoms with Crippen LogP contribution in [0.3, 0.4) is 0 Å². The van der Waals surface area contributed by atoms with Gasteiger partial charge in [-0.1, -0.05) is 5.92 Å². The maximum atomic E-state index is 10.2. The van der Waals surface area contributed by atoms with Crippen LogP contribution in [0.25, 0.3) is 0 Å². The summed E-state index contributed by atoms with van der Waals surface area (Å²) in [5, 5.41) is 4.10. The summed E-state index contributed by atoms with van der Waals surface area (Å²) >= 11 is 0. The highest BCUT2D eigenvalue weighted by Gasteiger charge is 2.06. The quantitative estimate of drug-likeness (QED) is 0.282. The molecule has 60 valence electrons. The summed E-state index contributed by atoms with van der Waals surface area (Å²) < 4.78 is 0. The number of amides is 4. The molecule has 0 spiro atoms. The zero-order chi connectivity index (χ0) is 8.85. The third-order valence-corrected chi connectivity index (χ3v) is 0.740. The molecule has 0 aromatic rings. The topological polar surface area (TPSA) is 110 Å². The van der Waals surface area contributed by atoms with E-state index in [1.54, 1.807) is 0 Å². The van der Waals surface area contributed by atoms with Gasteiger partial charge in [-0.15, -0.1) is 6.42 Å². The van der Waals surface area contributed by atoms with Crippen LogP contribution in [-0.2, 0) is 0 Å². The number of hydrogen-bond donors (Lipinski definition) is 4. The standard InChI is InChI=1S/C5H8N4O2/c1-2-3(8-4(6)10)9-5(7)11/h1,3H,(H3,6,8,10)(H3,7,9,11). The second kappa shape index (κ2) is 4.00. The smallest absolute Gasteiger partial charge is 0.314 e. The molecule has 0 radical (unpaired) electrons. The Labute approximate surface area is 63.3 Å². The van der Waals surface area contributed by atoms with Crippen LogP contribution in [0.4, 0.5) is 9.59 Å². The van der Waals surface area contributed by atoms with Crippen molar-refractivity contribution in [2.75, 3.05) is 0 Å². The molecule has 6 nitrogen and oxygen atoms in total. The minimum absolute atomic E-state index is 0.832. The van der Waals surface area contributed by atoms with Crippen LogP contribution in [0.15, 0.2) is 0 Å². The molecule has 4 amide bonds. The van der Waals surface area contributed by atoms with Crippen molar-refractivity contribution in [3.8, 4) is 12.3 Å². The lowest BCUT2D eigenvalue weighted by Gasteiger charge is -2.10. The van der Waals surface area contributed by atoms with Crippen LogP contribution in [0.5, 0.6) is 0 Å². The molecule has 6 N–H and O–H groups in total. The molecule has 0 heterocycles. The van der Waals surface area contributed by atoms with Gasteiger partial charge in [0.25, 0.3) is 0 Å². The molecule has 0 atom stereocenters. The molecule has 6 heteroatoms. The van der Waals surface area contributed by atoms with E-state index < -0.39 is 18.2 Å². The van der Waals surface area contributed by atoms with Gasteiger partial charge in [-0.3, -0.25) is 0 Å². The summed E-state index contributed by atoms with van der Waals surface area (Å²) in [5.41, 5.74) is 9.41. The Kier molecular flexibility index (Phi) is 3.31. The third-order valence-electron chi connectivity index (χ3n) is 0.740. The minimum Gasteiger partial charge on any atom is -0.352 e. The Morgan fingerprint density at radius 3 is 1.82 bits per heavy atom. The predicted molar refractivity (Wildman–Crippen MR) is 38.1 cm³/mol. The highest BCUT2D eigenvalue weighted by atomic mass is 16.2. The van der Waals surface area contributed by atoms with E-state index in [4.69, 9.17) is 17.9 Å². The molecule has 0 aliphatic heterocycles. The molecule has 0 aliphatic carbocycles. The van der Waals surface area contributed by atoms with E-state index in [1.807, 2.05) is 5.92 Å². The number of nitrogens with one attached hydrogen (secondary N) is 2. The maximum absolute atomic E-state index is 10.2. The van der Waals surface area contributed by atoms with Crippen molar-refractivity contribution in [1.82, 2.24) is 10.6 Å². The number of primary amides is 2. The molecule has 0 aromatic heterocycles. The van der Waals surface area contributed by atoms with Crippen molar-refractivity contribution in [2.24, 2.45) is 11.5 Å². The molecule has 0 fully saturated rings. The van der Waals surface area contributed by atoms with Gasteiger partial charge < -0.3 is 22.1 Å². The second-order valence-electron chi connectivity index (χ2n) is 1.62. The Morgan fingerprint density at radius 1 is 1.27 bits per heavy atom. The molecule has 0 bridgehead atoms. The normalized spacial score (nSPS) is 8.36. The average molecular weight is 156 g/mol. The Hall–Kier alpha value is -1.90. The lowest BCUT2D eigenvalue weighted by molar-refractivity contribution is 0.239. The van der Waals surface area contributed by atoms with Crippen molar-refractivity contribution < 1.29 is 9.59 Å². The van der Waals surface area contributed by atoms with Crippen LogP contribution < -0.4 is 22.1 Å². The van der Waals surface area contributed by atoms with E-state index in [2.05, 4.69) is 10.6 Å². The summed E-state index contributed by atoms with van der Waals surface area (Å²) in [7, 11) is 0. The van der Waals surface area contributed by atoms with Crippen LogP contribution in [0, 0.1) is 12.3 Å². The van der Waals surface area contributed by atoms with Crippen LogP contribution in [0.2, 0.25) is 0 Å². The van der Waals surface area contributed by atoms with E-state index in [9.17, 15) is 9.59 Å². The fourth-order valence-electron chi connectivity index (χ4n) is 0.404. The van der Waals surface area contributed by atoms with Gasteiger partial charge in [0.15, 0.2) is 6.17 Å². The SMILES string of the molecule is C#CC(NC(N)=O)NC(N)=O. The number of carbonyl (C=O) groups is 2. The molecule has 0 aromatic carbocycles. The Bertz CT molecular complexity index is 191.